The lowest BCUT2D eigenvalue weighted by Gasteiger charge is -2.17. The van der Waals surface area contributed by atoms with Gasteiger partial charge >= 0.3 is 0 Å². The van der Waals surface area contributed by atoms with Crippen molar-refractivity contribution in [2.45, 2.75) is 64.5 Å². The second-order valence-corrected chi connectivity index (χ2v) is 5.19. The Hall–Kier alpha value is -0.940. The zero-order valence-electron chi connectivity index (χ0n) is 12.2. The Kier molecular flexibility index (Phi) is 5.34. The molecule has 0 radical (unpaired) electrons. The van der Waals surface area contributed by atoms with Crippen molar-refractivity contribution in [3.05, 3.63) is 11.7 Å². The van der Waals surface area contributed by atoms with Crippen LogP contribution in [0.2, 0.25) is 0 Å². The molecule has 1 aromatic rings. The minimum Gasteiger partial charge on any atom is -0.371 e. The first-order valence-electron chi connectivity index (χ1n) is 7.44. The van der Waals surface area contributed by atoms with Gasteiger partial charge in [-0.2, -0.15) is 4.98 Å². The van der Waals surface area contributed by atoms with Gasteiger partial charge in [0.25, 0.3) is 0 Å². The molecule has 1 fully saturated rings. The van der Waals surface area contributed by atoms with E-state index in [0.717, 1.165) is 25.3 Å². The smallest absolute Gasteiger partial charge is 0.231 e. The highest BCUT2D eigenvalue weighted by atomic mass is 16.5. The second-order valence-electron chi connectivity index (χ2n) is 5.19. The molecular formula is C14H25N3O2. The summed E-state index contributed by atoms with van der Waals surface area (Å²) >= 11 is 0. The Balaban J connectivity index is 2.00. The van der Waals surface area contributed by atoms with Crippen LogP contribution in [0.15, 0.2) is 4.52 Å². The zero-order valence-corrected chi connectivity index (χ0v) is 12.2. The van der Waals surface area contributed by atoms with Crippen LogP contribution in [-0.4, -0.2) is 29.3 Å². The Morgan fingerprint density at radius 2 is 2.26 bits per heavy atom. The third-order valence-electron chi connectivity index (χ3n) is 3.73. The molecule has 2 rings (SSSR count). The fraction of sp³-hybridized carbons (Fsp3) is 0.857. The quantitative estimate of drug-likeness (QED) is 0.823. The number of nitrogens with one attached hydrogen (secondary N) is 1. The average Bonchev–Trinajstić information content (AvgIpc) is 3.05. The first-order valence-corrected chi connectivity index (χ1v) is 7.44. The minimum atomic E-state index is -0.0917. The molecule has 1 N–H and O–H groups in total. The van der Waals surface area contributed by atoms with Gasteiger partial charge in [-0.1, -0.05) is 18.5 Å². The van der Waals surface area contributed by atoms with E-state index < -0.39 is 0 Å². The van der Waals surface area contributed by atoms with Gasteiger partial charge in [0.1, 0.15) is 6.10 Å². The summed E-state index contributed by atoms with van der Waals surface area (Å²) in [6, 6.07) is 0.482. The largest absolute Gasteiger partial charge is 0.371 e. The molecule has 0 amide bonds. The van der Waals surface area contributed by atoms with E-state index in [9.17, 15) is 0 Å². The molecule has 1 aromatic heterocycles. The van der Waals surface area contributed by atoms with Crippen molar-refractivity contribution in [3.63, 3.8) is 0 Å². The Morgan fingerprint density at radius 3 is 3.00 bits per heavy atom. The maximum absolute atomic E-state index is 5.49. The fourth-order valence-electron chi connectivity index (χ4n) is 2.72. The number of ether oxygens (including phenoxy) is 1. The van der Waals surface area contributed by atoms with Crippen LogP contribution in [0.3, 0.4) is 0 Å². The van der Waals surface area contributed by atoms with Crippen molar-refractivity contribution < 1.29 is 9.26 Å². The van der Waals surface area contributed by atoms with Crippen LogP contribution in [0.4, 0.5) is 0 Å². The summed E-state index contributed by atoms with van der Waals surface area (Å²) in [4.78, 5) is 4.53. The number of aromatic nitrogens is 2. The lowest BCUT2D eigenvalue weighted by atomic mass is 10.0. The van der Waals surface area contributed by atoms with Gasteiger partial charge < -0.3 is 14.6 Å². The number of hydrogen-bond donors (Lipinski definition) is 1. The predicted octanol–water partition coefficient (Wildman–Crippen LogP) is 2.80. The van der Waals surface area contributed by atoms with Gasteiger partial charge in [-0.25, -0.2) is 0 Å². The summed E-state index contributed by atoms with van der Waals surface area (Å²) in [6.07, 6.45) is 4.62. The molecule has 108 valence electrons. The Labute approximate surface area is 115 Å². The van der Waals surface area contributed by atoms with E-state index in [-0.39, 0.29) is 6.10 Å². The number of rotatable bonds is 7. The summed E-state index contributed by atoms with van der Waals surface area (Å²) in [5.74, 6) is 1.80. The molecule has 5 nitrogen and oxygen atoms in total. The van der Waals surface area contributed by atoms with Crippen molar-refractivity contribution in [1.82, 2.24) is 15.5 Å². The minimum absolute atomic E-state index is 0.0917. The molecule has 1 aliphatic rings. The predicted molar refractivity (Wildman–Crippen MR) is 73.0 cm³/mol. The van der Waals surface area contributed by atoms with Crippen molar-refractivity contribution in [3.8, 4) is 0 Å². The molecule has 0 saturated heterocycles. The van der Waals surface area contributed by atoms with E-state index in [0.29, 0.717) is 24.4 Å². The number of nitrogens with zero attached hydrogens (tertiary/aromatic N) is 2. The van der Waals surface area contributed by atoms with Gasteiger partial charge in [0.2, 0.25) is 5.89 Å². The molecule has 0 aromatic carbocycles. The molecule has 0 aliphatic heterocycles. The van der Waals surface area contributed by atoms with E-state index in [2.05, 4.69) is 22.4 Å². The summed E-state index contributed by atoms with van der Waals surface area (Å²) in [5.41, 5.74) is 0. The molecule has 1 aliphatic carbocycles. The van der Waals surface area contributed by atoms with E-state index in [1.54, 1.807) is 0 Å². The second kappa shape index (κ2) is 7.01. The Bertz CT molecular complexity index is 381. The summed E-state index contributed by atoms with van der Waals surface area (Å²) < 4.78 is 10.9. The third-order valence-corrected chi connectivity index (χ3v) is 3.73. The van der Waals surface area contributed by atoms with Crippen LogP contribution in [0.1, 0.15) is 70.2 Å². The molecule has 0 bridgehead atoms. The molecule has 1 heterocycles. The van der Waals surface area contributed by atoms with Crippen molar-refractivity contribution in [2.24, 2.45) is 0 Å². The lowest BCUT2D eigenvalue weighted by molar-refractivity contribution is 0.0683. The van der Waals surface area contributed by atoms with E-state index in [1.807, 2.05) is 13.8 Å². The van der Waals surface area contributed by atoms with E-state index >= 15 is 0 Å². The van der Waals surface area contributed by atoms with E-state index in [4.69, 9.17) is 9.26 Å². The Morgan fingerprint density at radius 1 is 1.42 bits per heavy atom. The molecule has 3 unspecified atom stereocenters. The first kappa shape index (κ1) is 14.5. The van der Waals surface area contributed by atoms with Crippen molar-refractivity contribution >= 4 is 0 Å². The molecule has 0 spiro atoms. The van der Waals surface area contributed by atoms with Gasteiger partial charge in [-0.3, -0.25) is 0 Å². The van der Waals surface area contributed by atoms with Gasteiger partial charge in [0.05, 0.1) is 5.92 Å². The fourth-order valence-corrected chi connectivity index (χ4v) is 2.72. The SMILES string of the molecule is CCCNC1CCCC1c1nc(C(C)OCC)no1. The van der Waals surface area contributed by atoms with Crippen LogP contribution < -0.4 is 5.32 Å². The molecule has 1 saturated carbocycles. The molecule has 19 heavy (non-hydrogen) atoms. The summed E-state index contributed by atoms with van der Waals surface area (Å²) in [6.45, 7) is 7.83. The van der Waals surface area contributed by atoms with Gasteiger partial charge in [-0.05, 0) is 39.7 Å². The van der Waals surface area contributed by atoms with Crippen LogP contribution in [0, 0.1) is 0 Å². The third kappa shape index (κ3) is 3.54. The highest BCUT2D eigenvalue weighted by Gasteiger charge is 2.32. The van der Waals surface area contributed by atoms with Crippen LogP contribution in [0.25, 0.3) is 0 Å². The topological polar surface area (TPSA) is 60.2 Å². The monoisotopic (exact) mass is 267 g/mol. The van der Waals surface area contributed by atoms with Crippen LogP contribution in [0.5, 0.6) is 0 Å². The van der Waals surface area contributed by atoms with Crippen molar-refractivity contribution in [2.75, 3.05) is 13.2 Å². The van der Waals surface area contributed by atoms with Crippen molar-refractivity contribution in [1.29, 1.82) is 0 Å². The standard InChI is InChI=1S/C14H25N3O2/c1-4-9-15-12-8-6-7-11(12)14-16-13(17-19-14)10(3)18-5-2/h10-12,15H,4-9H2,1-3H3. The lowest BCUT2D eigenvalue weighted by Crippen LogP contribution is -2.31. The highest BCUT2D eigenvalue weighted by molar-refractivity contribution is 5.03. The van der Waals surface area contributed by atoms with Gasteiger partial charge in [0, 0.05) is 12.6 Å². The molecule has 5 heteroatoms. The van der Waals surface area contributed by atoms with Gasteiger partial charge in [-0.15, -0.1) is 0 Å². The highest BCUT2D eigenvalue weighted by Crippen LogP contribution is 2.34. The van der Waals surface area contributed by atoms with E-state index in [1.165, 1.54) is 12.8 Å². The maximum Gasteiger partial charge on any atom is 0.231 e. The zero-order chi connectivity index (χ0) is 13.7. The molecule has 3 atom stereocenters. The average molecular weight is 267 g/mol. The summed E-state index contributed by atoms with van der Waals surface area (Å²) in [7, 11) is 0. The summed E-state index contributed by atoms with van der Waals surface area (Å²) in [5, 5.41) is 7.64. The first-order chi connectivity index (χ1) is 9.26. The van der Waals surface area contributed by atoms with Crippen LogP contribution >= 0.6 is 0 Å². The normalized spacial score (nSPS) is 24.8. The molecular weight excluding hydrogens is 242 g/mol. The number of hydrogen-bond acceptors (Lipinski definition) is 5. The van der Waals surface area contributed by atoms with Crippen LogP contribution in [-0.2, 0) is 4.74 Å². The maximum atomic E-state index is 5.49. The van der Waals surface area contributed by atoms with Gasteiger partial charge in [0.15, 0.2) is 5.82 Å².